The van der Waals surface area contributed by atoms with E-state index in [1.807, 2.05) is 6.07 Å². The molecule has 0 saturated heterocycles. The maximum atomic E-state index is 11.1. The van der Waals surface area contributed by atoms with Gasteiger partial charge in [0.05, 0.1) is 11.2 Å². The van der Waals surface area contributed by atoms with Gasteiger partial charge in [0.1, 0.15) is 11.3 Å². The molecular weight excluding hydrogens is 228 g/mol. The Morgan fingerprint density at radius 2 is 1.94 bits per heavy atom. The van der Waals surface area contributed by atoms with Crippen molar-refractivity contribution >= 4 is 17.6 Å². The maximum Gasteiger partial charge on any atom is 0.339 e. The molecule has 0 aliphatic carbocycles. The molecule has 2 rings (SSSR count). The molecule has 1 aromatic heterocycles. The molecule has 0 aliphatic rings. The fraction of sp³-hybridized carbons (Fsp3) is 0. The summed E-state index contributed by atoms with van der Waals surface area (Å²) >= 11 is 5.79. The predicted molar refractivity (Wildman–Crippen MR) is 59.4 cm³/mol. The van der Waals surface area contributed by atoms with Gasteiger partial charge in [0, 0.05) is 5.56 Å². The van der Waals surface area contributed by atoms with E-state index in [4.69, 9.17) is 16.7 Å². The lowest BCUT2D eigenvalue weighted by molar-refractivity contribution is 0.0697. The van der Waals surface area contributed by atoms with Gasteiger partial charge in [-0.3, -0.25) is 0 Å². The minimum atomic E-state index is -1.11. The molecule has 1 heterocycles. The second-order valence-electron chi connectivity index (χ2n) is 3.09. The first-order chi connectivity index (χ1) is 7.70. The van der Waals surface area contributed by atoms with Crippen LogP contribution in [0, 0.1) is 0 Å². The average Bonchev–Trinajstić information content (AvgIpc) is 2.29. The van der Waals surface area contributed by atoms with Gasteiger partial charge in [0.15, 0.2) is 0 Å². The summed E-state index contributed by atoms with van der Waals surface area (Å²) in [5.74, 6) is -1.11. The molecule has 0 aliphatic heterocycles. The van der Waals surface area contributed by atoms with E-state index in [0.29, 0.717) is 5.56 Å². The van der Waals surface area contributed by atoms with Crippen molar-refractivity contribution in [2.24, 2.45) is 0 Å². The van der Waals surface area contributed by atoms with E-state index in [-0.39, 0.29) is 16.3 Å². The van der Waals surface area contributed by atoms with Crippen molar-refractivity contribution < 1.29 is 9.90 Å². The minimum absolute atomic E-state index is 0.0251. The van der Waals surface area contributed by atoms with E-state index in [2.05, 4.69) is 10.2 Å². The van der Waals surface area contributed by atoms with Gasteiger partial charge < -0.3 is 5.11 Å². The number of halogens is 1. The Morgan fingerprint density at radius 1 is 1.25 bits per heavy atom. The summed E-state index contributed by atoms with van der Waals surface area (Å²) in [6.45, 7) is 0. The van der Waals surface area contributed by atoms with Gasteiger partial charge in [-0.2, -0.15) is 5.10 Å². The number of hydrogen-bond acceptors (Lipinski definition) is 3. The van der Waals surface area contributed by atoms with Crippen molar-refractivity contribution in [1.29, 1.82) is 0 Å². The van der Waals surface area contributed by atoms with Crippen LogP contribution in [0.3, 0.4) is 0 Å². The summed E-state index contributed by atoms with van der Waals surface area (Å²) in [5.41, 5.74) is 0.929. The smallest absolute Gasteiger partial charge is 0.339 e. The molecule has 0 unspecified atom stereocenters. The molecule has 1 N–H and O–H groups in total. The largest absolute Gasteiger partial charge is 0.478 e. The Bertz CT molecular complexity index is 529. The Hall–Kier alpha value is -1.94. The zero-order chi connectivity index (χ0) is 11.5. The van der Waals surface area contributed by atoms with Crippen molar-refractivity contribution in [3.05, 3.63) is 47.1 Å². The second kappa shape index (κ2) is 4.28. The number of hydrogen-bond donors (Lipinski definition) is 1. The number of carboxylic acids is 1. The first-order valence-corrected chi connectivity index (χ1v) is 4.88. The molecule has 0 spiro atoms. The van der Waals surface area contributed by atoms with Crippen LogP contribution in [-0.2, 0) is 0 Å². The average molecular weight is 235 g/mol. The molecule has 0 bridgehead atoms. The third kappa shape index (κ3) is 1.87. The van der Waals surface area contributed by atoms with Gasteiger partial charge in [-0.25, -0.2) is 4.79 Å². The predicted octanol–water partition coefficient (Wildman–Crippen LogP) is 2.50. The van der Waals surface area contributed by atoms with Gasteiger partial charge >= 0.3 is 5.97 Å². The van der Waals surface area contributed by atoms with E-state index in [1.165, 1.54) is 6.20 Å². The zero-order valence-corrected chi connectivity index (χ0v) is 8.85. The van der Waals surface area contributed by atoms with Gasteiger partial charge in [0.2, 0.25) is 0 Å². The normalized spacial score (nSPS) is 10.1. The van der Waals surface area contributed by atoms with E-state index in [1.54, 1.807) is 24.3 Å². The van der Waals surface area contributed by atoms with Crippen molar-refractivity contribution in [2.45, 2.75) is 0 Å². The quantitative estimate of drug-likeness (QED) is 0.867. The van der Waals surface area contributed by atoms with Gasteiger partial charge in [-0.05, 0) is 0 Å². The van der Waals surface area contributed by atoms with Gasteiger partial charge in [-0.15, -0.1) is 5.10 Å². The van der Waals surface area contributed by atoms with Crippen LogP contribution in [0.25, 0.3) is 11.3 Å². The number of benzene rings is 1. The lowest BCUT2D eigenvalue weighted by Gasteiger charge is -2.05. The first-order valence-electron chi connectivity index (χ1n) is 4.50. The van der Waals surface area contributed by atoms with Crippen LogP contribution in [0.5, 0.6) is 0 Å². The molecule has 80 valence electrons. The summed E-state index contributed by atoms with van der Waals surface area (Å²) in [4.78, 5) is 11.1. The third-order valence-electron chi connectivity index (χ3n) is 2.07. The lowest BCUT2D eigenvalue weighted by atomic mass is 10.1. The second-order valence-corrected chi connectivity index (χ2v) is 3.49. The topological polar surface area (TPSA) is 63.1 Å². The van der Waals surface area contributed by atoms with Crippen LogP contribution in [0.1, 0.15) is 10.4 Å². The van der Waals surface area contributed by atoms with Crippen LogP contribution in [0.2, 0.25) is 5.02 Å². The molecule has 0 fully saturated rings. The molecule has 2 aromatic rings. The van der Waals surface area contributed by atoms with Crippen molar-refractivity contribution in [2.75, 3.05) is 0 Å². The molecule has 16 heavy (non-hydrogen) atoms. The van der Waals surface area contributed by atoms with Crippen LogP contribution >= 0.6 is 11.6 Å². The Labute approximate surface area is 96.5 Å². The van der Waals surface area contributed by atoms with Crippen molar-refractivity contribution in [3.8, 4) is 11.3 Å². The van der Waals surface area contributed by atoms with Crippen LogP contribution in [0.4, 0.5) is 0 Å². The third-order valence-corrected chi connectivity index (χ3v) is 2.35. The Morgan fingerprint density at radius 3 is 2.56 bits per heavy atom. The molecule has 5 heteroatoms. The molecule has 0 radical (unpaired) electrons. The lowest BCUT2D eigenvalue weighted by Crippen LogP contribution is -2.04. The summed E-state index contributed by atoms with van der Waals surface area (Å²) in [7, 11) is 0. The summed E-state index contributed by atoms with van der Waals surface area (Å²) in [5, 5.41) is 16.6. The number of nitrogens with zero attached hydrogens (tertiary/aromatic N) is 2. The maximum absolute atomic E-state index is 11.1. The number of aromatic nitrogens is 2. The Balaban J connectivity index is 2.66. The fourth-order valence-corrected chi connectivity index (χ4v) is 1.58. The number of carbonyl (C=O) groups is 1. The summed E-state index contributed by atoms with van der Waals surface area (Å²) in [6.07, 6.45) is 1.22. The fourth-order valence-electron chi connectivity index (χ4n) is 1.37. The molecular formula is C11H7ClN2O2. The highest BCUT2D eigenvalue weighted by Gasteiger charge is 2.17. The molecule has 4 nitrogen and oxygen atoms in total. The SMILES string of the molecule is O=C(O)c1c(Cl)cnnc1-c1ccccc1. The molecule has 0 saturated carbocycles. The van der Waals surface area contributed by atoms with E-state index in [9.17, 15) is 4.79 Å². The molecule has 1 aromatic carbocycles. The summed E-state index contributed by atoms with van der Waals surface area (Å²) < 4.78 is 0. The van der Waals surface area contributed by atoms with E-state index < -0.39 is 5.97 Å². The monoisotopic (exact) mass is 234 g/mol. The highest BCUT2D eigenvalue weighted by Crippen LogP contribution is 2.25. The minimum Gasteiger partial charge on any atom is -0.478 e. The van der Waals surface area contributed by atoms with Crippen LogP contribution in [-0.4, -0.2) is 21.3 Å². The van der Waals surface area contributed by atoms with Crippen molar-refractivity contribution in [1.82, 2.24) is 10.2 Å². The molecule has 0 amide bonds. The van der Waals surface area contributed by atoms with Crippen LogP contribution in [0.15, 0.2) is 36.5 Å². The number of rotatable bonds is 2. The van der Waals surface area contributed by atoms with Gasteiger partial charge in [-0.1, -0.05) is 41.9 Å². The molecule has 0 atom stereocenters. The van der Waals surface area contributed by atoms with E-state index in [0.717, 1.165) is 0 Å². The van der Waals surface area contributed by atoms with Crippen molar-refractivity contribution in [3.63, 3.8) is 0 Å². The van der Waals surface area contributed by atoms with Crippen LogP contribution < -0.4 is 0 Å². The first kappa shape index (κ1) is 10.6. The summed E-state index contributed by atoms with van der Waals surface area (Å²) in [6, 6.07) is 8.94. The standard InChI is InChI=1S/C11H7ClN2O2/c12-8-6-13-14-10(9(8)11(15)16)7-4-2-1-3-5-7/h1-6H,(H,15,16). The highest BCUT2D eigenvalue weighted by molar-refractivity contribution is 6.34. The Kier molecular flexibility index (Phi) is 2.83. The number of aromatic carboxylic acids is 1. The number of carboxylic acid groups (broad SMARTS) is 1. The van der Waals surface area contributed by atoms with E-state index >= 15 is 0 Å². The zero-order valence-electron chi connectivity index (χ0n) is 8.09. The van der Waals surface area contributed by atoms with Gasteiger partial charge in [0.25, 0.3) is 0 Å². The highest BCUT2D eigenvalue weighted by atomic mass is 35.5.